The van der Waals surface area contributed by atoms with Gasteiger partial charge in [0.2, 0.25) is 6.08 Å². The van der Waals surface area contributed by atoms with Gasteiger partial charge >= 0.3 is 0 Å². The van der Waals surface area contributed by atoms with E-state index in [0.717, 1.165) is 25.7 Å². The number of carbonyl (C=O) groups excluding carboxylic acids is 2. The van der Waals surface area contributed by atoms with Crippen molar-refractivity contribution in [2.45, 2.75) is 31.7 Å². The quantitative estimate of drug-likeness (QED) is 0.453. The fourth-order valence-electron chi connectivity index (χ4n) is 2.48. The van der Waals surface area contributed by atoms with Crippen LogP contribution in [0.4, 0.5) is 0 Å². The number of ketones is 1. The second kappa shape index (κ2) is 5.55. The highest BCUT2D eigenvalue weighted by Crippen LogP contribution is 2.30. The molecule has 1 fully saturated rings. The molecule has 1 aliphatic rings. The molecule has 0 heterocycles. The normalized spacial score (nSPS) is 17.4. The Morgan fingerprint density at radius 3 is 2.47 bits per heavy atom. The largest absolute Gasteiger partial charge is 0.292 e. The molecule has 0 amide bonds. The molecule has 1 aromatic carbocycles. The zero-order valence-corrected chi connectivity index (χ0v) is 9.63. The van der Waals surface area contributed by atoms with E-state index in [-0.39, 0.29) is 11.7 Å². The molecule has 0 radical (unpaired) electrons. The van der Waals surface area contributed by atoms with Crippen LogP contribution in [0.25, 0.3) is 0 Å². The van der Waals surface area contributed by atoms with E-state index in [2.05, 4.69) is 4.99 Å². The Labute approximate surface area is 101 Å². The number of rotatable bonds is 4. The summed E-state index contributed by atoms with van der Waals surface area (Å²) in [4.78, 5) is 26.4. The van der Waals surface area contributed by atoms with Crippen LogP contribution in [0, 0.1) is 5.92 Å². The molecule has 0 aromatic heterocycles. The van der Waals surface area contributed by atoms with Gasteiger partial charge in [0.05, 0.1) is 0 Å². The Balaban J connectivity index is 2.21. The molecule has 0 bridgehead atoms. The van der Waals surface area contributed by atoms with Crippen LogP contribution in [-0.4, -0.2) is 17.9 Å². The first-order valence-electron chi connectivity index (χ1n) is 5.99. The average Bonchev–Trinajstić information content (AvgIpc) is 2.90. The van der Waals surface area contributed by atoms with E-state index in [1.54, 1.807) is 18.2 Å². The average molecular weight is 229 g/mol. The van der Waals surface area contributed by atoms with E-state index >= 15 is 0 Å². The third-order valence-corrected chi connectivity index (χ3v) is 3.37. The summed E-state index contributed by atoms with van der Waals surface area (Å²) in [6, 6.07) is 8.52. The van der Waals surface area contributed by atoms with Crippen LogP contribution in [-0.2, 0) is 4.79 Å². The molecule has 0 N–H and O–H groups in total. The van der Waals surface area contributed by atoms with Gasteiger partial charge in [0, 0.05) is 5.56 Å². The van der Waals surface area contributed by atoms with Gasteiger partial charge in [-0.2, -0.15) is 4.99 Å². The lowest BCUT2D eigenvalue weighted by molar-refractivity contribution is 0.0934. The Morgan fingerprint density at radius 1 is 1.24 bits per heavy atom. The van der Waals surface area contributed by atoms with Gasteiger partial charge in [-0.3, -0.25) is 4.79 Å². The highest BCUT2D eigenvalue weighted by molar-refractivity contribution is 6.00. The predicted molar refractivity (Wildman–Crippen MR) is 64.6 cm³/mol. The monoisotopic (exact) mass is 229 g/mol. The SMILES string of the molecule is O=C=N[C@H](C(=O)c1ccccc1)C1CCCC1. The van der Waals surface area contributed by atoms with Crippen LogP contribution in [0.3, 0.4) is 0 Å². The van der Waals surface area contributed by atoms with E-state index < -0.39 is 6.04 Å². The van der Waals surface area contributed by atoms with Crippen molar-refractivity contribution >= 4 is 11.9 Å². The summed E-state index contributed by atoms with van der Waals surface area (Å²) in [5.74, 6) is 0.157. The van der Waals surface area contributed by atoms with Crippen molar-refractivity contribution in [1.29, 1.82) is 0 Å². The highest BCUT2D eigenvalue weighted by Gasteiger charge is 2.30. The second-order valence-corrected chi connectivity index (χ2v) is 4.44. The van der Waals surface area contributed by atoms with Crippen LogP contribution >= 0.6 is 0 Å². The summed E-state index contributed by atoms with van der Waals surface area (Å²) in [6.45, 7) is 0. The molecule has 0 saturated heterocycles. The summed E-state index contributed by atoms with van der Waals surface area (Å²) < 4.78 is 0. The van der Waals surface area contributed by atoms with Crippen molar-refractivity contribution in [2.24, 2.45) is 10.9 Å². The Bertz CT molecular complexity index is 429. The molecule has 1 aromatic rings. The van der Waals surface area contributed by atoms with E-state index in [1.807, 2.05) is 18.2 Å². The number of carbonyl (C=O) groups is 1. The number of isocyanates is 1. The minimum absolute atomic E-state index is 0.0548. The summed E-state index contributed by atoms with van der Waals surface area (Å²) in [5.41, 5.74) is 0.628. The van der Waals surface area contributed by atoms with Gasteiger partial charge in [0.25, 0.3) is 0 Å². The third kappa shape index (κ3) is 2.69. The van der Waals surface area contributed by atoms with Gasteiger partial charge in [-0.15, -0.1) is 0 Å². The Kier molecular flexibility index (Phi) is 3.84. The van der Waals surface area contributed by atoms with Crippen LogP contribution in [0.1, 0.15) is 36.0 Å². The topological polar surface area (TPSA) is 46.5 Å². The zero-order valence-electron chi connectivity index (χ0n) is 9.63. The molecule has 17 heavy (non-hydrogen) atoms. The molecule has 88 valence electrons. The van der Waals surface area contributed by atoms with Gasteiger partial charge in [-0.05, 0) is 18.8 Å². The Morgan fingerprint density at radius 2 is 1.88 bits per heavy atom. The number of Topliss-reactive ketones (excluding diaryl/α,β-unsaturated/α-hetero) is 1. The lowest BCUT2D eigenvalue weighted by Crippen LogP contribution is -2.26. The first-order valence-corrected chi connectivity index (χ1v) is 5.99. The van der Waals surface area contributed by atoms with Crippen LogP contribution in [0.5, 0.6) is 0 Å². The first kappa shape index (κ1) is 11.7. The molecule has 1 saturated carbocycles. The Hall–Kier alpha value is -1.73. The number of hydrogen-bond acceptors (Lipinski definition) is 3. The number of aliphatic imine (C=N–C) groups is 1. The molecular formula is C14H15NO2. The van der Waals surface area contributed by atoms with Crippen molar-refractivity contribution in [1.82, 2.24) is 0 Å². The van der Waals surface area contributed by atoms with E-state index in [0.29, 0.717) is 5.56 Å². The lowest BCUT2D eigenvalue weighted by atomic mass is 9.91. The minimum atomic E-state index is -0.530. The van der Waals surface area contributed by atoms with E-state index in [4.69, 9.17) is 0 Å². The summed E-state index contributed by atoms with van der Waals surface area (Å²) in [5, 5.41) is 0. The van der Waals surface area contributed by atoms with Crippen molar-refractivity contribution < 1.29 is 9.59 Å². The number of nitrogens with zero attached hydrogens (tertiary/aromatic N) is 1. The van der Waals surface area contributed by atoms with Gasteiger partial charge in [0.1, 0.15) is 6.04 Å². The molecule has 1 atom stereocenters. The molecule has 3 nitrogen and oxygen atoms in total. The third-order valence-electron chi connectivity index (χ3n) is 3.37. The van der Waals surface area contributed by atoms with Gasteiger partial charge in [0.15, 0.2) is 5.78 Å². The van der Waals surface area contributed by atoms with Gasteiger partial charge in [-0.1, -0.05) is 43.2 Å². The van der Waals surface area contributed by atoms with Crippen LogP contribution < -0.4 is 0 Å². The van der Waals surface area contributed by atoms with Gasteiger partial charge < -0.3 is 0 Å². The van der Waals surface area contributed by atoms with E-state index in [1.165, 1.54) is 0 Å². The first-order chi connectivity index (χ1) is 8.33. The molecule has 2 rings (SSSR count). The maximum atomic E-state index is 12.2. The van der Waals surface area contributed by atoms with Crippen molar-refractivity contribution in [3.8, 4) is 0 Å². The molecule has 3 heteroatoms. The van der Waals surface area contributed by atoms with Crippen molar-refractivity contribution in [2.75, 3.05) is 0 Å². The van der Waals surface area contributed by atoms with Crippen molar-refractivity contribution in [3.05, 3.63) is 35.9 Å². The highest BCUT2D eigenvalue weighted by atomic mass is 16.1. The van der Waals surface area contributed by atoms with E-state index in [9.17, 15) is 9.59 Å². The predicted octanol–water partition coefficient (Wildman–Crippen LogP) is 2.76. The number of hydrogen-bond donors (Lipinski definition) is 0. The fraction of sp³-hybridized carbons (Fsp3) is 0.429. The second-order valence-electron chi connectivity index (χ2n) is 4.44. The summed E-state index contributed by atoms with van der Waals surface area (Å²) in [6.07, 6.45) is 5.76. The maximum absolute atomic E-state index is 12.2. The minimum Gasteiger partial charge on any atom is -0.292 e. The van der Waals surface area contributed by atoms with Crippen LogP contribution in [0.15, 0.2) is 35.3 Å². The standard InChI is InChI=1S/C14H15NO2/c16-10-15-13(11-6-4-5-7-11)14(17)12-8-2-1-3-9-12/h1-3,8-9,11,13H,4-7H2/t13-/m0/s1. The fourth-order valence-corrected chi connectivity index (χ4v) is 2.48. The smallest absolute Gasteiger partial charge is 0.235 e. The molecule has 0 unspecified atom stereocenters. The molecule has 0 aliphatic heterocycles. The zero-order chi connectivity index (χ0) is 12.1. The summed E-state index contributed by atoms with van der Waals surface area (Å²) >= 11 is 0. The van der Waals surface area contributed by atoms with Gasteiger partial charge in [-0.25, -0.2) is 4.79 Å². The number of benzene rings is 1. The molecule has 0 spiro atoms. The summed E-state index contributed by atoms with van der Waals surface area (Å²) in [7, 11) is 0. The lowest BCUT2D eigenvalue weighted by Gasteiger charge is -2.16. The van der Waals surface area contributed by atoms with Crippen LogP contribution in [0.2, 0.25) is 0 Å². The maximum Gasteiger partial charge on any atom is 0.235 e. The van der Waals surface area contributed by atoms with Crippen molar-refractivity contribution in [3.63, 3.8) is 0 Å². The molecular weight excluding hydrogens is 214 g/mol. The molecule has 1 aliphatic carbocycles.